The molecule has 212 valence electrons. The standard InChI is InChI=1S/C26H24N6O6S3/c1-15-11-21(33)31-25(27-15)39-13-23(35)29-17-3-7-19(8-4-17)41(37,38)20-9-5-18(6-10-20)30-24(36)14-40-26-28-16(2)12-22(34)32-26/h3-12H,13-14H2,1-2H3,(H,29,35)(H,30,36)(H,27,31,33)(H,28,32,34). The number of anilines is 2. The molecule has 0 radical (unpaired) electrons. The molecule has 12 nitrogen and oxygen atoms in total. The highest BCUT2D eigenvalue weighted by Gasteiger charge is 2.18. The van der Waals surface area contributed by atoms with Gasteiger partial charge in [0.25, 0.3) is 11.1 Å². The summed E-state index contributed by atoms with van der Waals surface area (Å²) in [6.45, 7) is 3.36. The number of rotatable bonds is 10. The number of hydrogen-bond donors (Lipinski definition) is 4. The van der Waals surface area contributed by atoms with E-state index in [1.807, 2.05) is 0 Å². The van der Waals surface area contributed by atoms with Crippen LogP contribution in [0.15, 0.2) is 90.4 Å². The van der Waals surface area contributed by atoms with Crippen molar-refractivity contribution < 1.29 is 18.0 Å². The lowest BCUT2D eigenvalue weighted by Crippen LogP contribution is -2.16. The fraction of sp³-hybridized carbons (Fsp3) is 0.154. The third-order valence-corrected chi connectivity index (χ3v) is 8.80. The zero-order valence-electron chi connectivity index (χ0n) is 21.8. The molecule has 2 heterocycles. The summed E-state index contributed by atoms with van der Waals surface area (Å²) < 4.78 is 26.2. The first-order valence-electron chi connectivity index (χ1n) is 11.9. The number of sulfone groups is 1. The Balaban J connectivity index is 1.32. The topological polar surface area (TPSA) is 184 Å². The maximum absolute atomic E-state index is 13.1. The molecule has 0 aliphatic heterocycles. The Morgan fingerprint density at radius 2 is 1.07 bits per heavy atom. The summed E-state index contributed by atoms with van der Waals surface area (Å²) in [5.74, 6) is -0.712. The molecule has 2 amide bonds. The van der Waals surface area contributed by atoms with Crippen LogP contribution < -0.4 is 21.8 Å². The Morgan fingerprint density at radius 3 is 1.41 bits per heavy atom. The number of aromatic nitrogens is 4. The molecular weight excluding hydrogens is 589 g/mol. The molecule has 0 aliphatic carbocycles. The number of nitrogens with one attached hydrogen (secondary N) is 4. The van der Waals surface area contributed by atoms with E-state index in [4.69, 9.17) is 0 Å². The van der Waals surface area contributed by atoms with Crippen LogP contribution in [-0.2, 0) is 19.4 Å². The van der Waals surface area contributed by atoms with Crippen LogP contribution in [0.3, 0.4) is 0 Å². The number of amides is 2. The minimum absolute atomic E-state index is 0.00362. The molecule has 0 saturated carbocycles. The van der Waals surface area contributed by atoms with Gasteiger partial charge in [-0.1, -0.05) is 23.5 Å². The summed E-state index contributed by atoms with van der Waals surface area (Å²) in [6.07, 6.45) is 0. The van der Waals surface area contributed by atoms with E-state index in [0.29, 0.717) is 33.1 Å². The van der Waals surface area contributed by atoms with Gasteiger partial charge in [0.05, 0.1) is 21.3 Å². The Bertz CT molecular complexity index is 1680. The highest BCUT2D eigenvalue weighted by atomic mass is 32.2. The zero-order chi connectivity index (χ0) is 29.6. The highest BCUT2D eigenvalue weighted by Crippen LogP contribution is 2.24. The Labute approximate surface area is 242 Å². The summed E-state index contributed by atoms with van der Waals surface area (Å²) in [6, 6.07) is 14.1. The Hall–Kier alpha value is -4.21. The van der Waals surface area contributed by atoms with E-state index in [9.17, 15) is 27.6 Å². The van der Waals surface area contributed by atoms with Gasteiger partial charge in [0.1, 0.15) is 0 Å². The summed E-state index contributed by atoms with van der Waals surface area (Å²) in [7, 11) is -3.86. The molecule has 2 aromatic heterocycles. The Morgan fingerprint density at radius 1 is 0.707 bits per heavy atom. The summed E-state index contributed by atoms with van der Waals surface area (Å²) >= 11 is 2.14. The van der Waals surface area contributed by atoms with Crippen molar-refractivity contribution in [2.75, 3.05) is 22.1 Å². The van der Waals surface area contributed by atoms with Crippen LogP contribution in [0.4, 0.5) is 11.4 Å². The van der Waals surface area contributed by atoms with Crippen molar-refractivity contribution in [3.63, 3.8) is 0 Å². The number of H-pyrrole nitrogens is 2. The second kappa shape index (κ2) is 13.0. The molecule has 4 aromatic rings. The number of nitrogens with zero attached hydrogens (tertiary/aromatic N) is 2. The lowest BCUT2D eigenvalue weighted by Gasteiger charge is -2.09. The third-order valence-electron chi connectivity index (χ3n) is 5.27. The van der Waals surface area contributed by atoms with Gasteiger partial charge >= 0.3 is 0 Å². The molecule has 15 heteroatoms. The molecular formula is C26H24N6O6S3. The molecule has 2 aromatic carbocycles. The van der Waals surface area contributed by atoms with Gasteiger partial charge in [-0.3, -0.25) is 19.2 Å². The van der Waals surface area contributed by atoms with E-state index < -0.39 is 9.84 Å². The van der Waals surface area contributed by atoms with Crippen molar-refractivity contribution in [2.24, 2.45) is 0 Å². The van der Waals surface area contributed by atoms with Crippen LogP contribution in [0.5, 0.6) is 0 Å². The number of carbonyl (C=O) groups excluding carboxylic acids is 2. The van der Waals surface area contributed by atoms with E-state index >= 15 is 0 Å². The van der Waals surface area contributed by atoms with Gasteiger partial charge in [-0.2, -0.15) is 0 Å². The molecule has 4 N–H and O–H groups in total. The van der Waals surface area contributed by atoms with Crippen molar-refractivity contribution in [1.82, 2.24) is 19.9 Å². The number of aromatic amines is 2. The predicted octanol–water partition coefficient (Wildman–Crippen LogP) is 2.76. The third kappa shape index (κ3) is 8.39. The number of thioether (sulfide) groups is 2. The van der Waals surface area contributed by atoms with Gasteiger partial charge in [-0.25, -0.2) is 18.4 Å². The largest absolute Gasteiger partial charge is 0.325 e. The van der Waals surface area contributed by atoms with Crippen molar-refractivity contribution in [2.45, 2.75) is 34.0 Å². The minimum Gasteiger partial charge on any atom is -0.325 e. The van der Waals surface area contributed by atoms with Gasteiger partial charge in [0, 0.05) is 34.9 Å². The van der Waals surface area contributed by atoms with Crippen molar-refractivity contribution in [1.29, 1.82) is 0 Å². The van der Waals surface area contributed by atoms with E-state index in [2.05, 4.69) is 30.6 Å². The van der Waals surface area contributed by atoms with Gasteiger partial charge < -0.3 is 20.6 Å². The quantitative estimate of drug-likeness (QED) is 0.153. The molecule has 0 bridgehead atoms. The van der Waals surface area contributed by atoms with Crippen molar-refractivity contribution in [3.05, 3.63) is 92.8 Å². The normalized spacial score (nSPS) is 11.2. The second-order valence-electron chi connectivity index (χ2n) is 8.61. The molecule has 41 heavy (non-hydrogen) atoms. The fourth-order valence-electron chi connectivity index (χ4n) is 3.47. The number of hydrogen-bond acceptors (Lipinski definition) is 10. The monoisotopic (exact) mass is 612 g/mol. The molecule has 4 rings (SSSR count). The highest BCUT2D eigenvalue weighted by molar-refractivity contribution is 8.00. The summed E-state index contributed by atoms with van der Waals surface area (Å²) in [4.78, 5) is 61.1. The van der Waals surface area contributed by atoms with Gasteiger partial charge in [-0.05, 0) is 62.4 Å². The lowest BCUT2D eigenvalue weighted by atomic mass is 10.3. The molecule has 0 aliphatic rings. The number of aryl methyl sites for hydroxylation is 2. The van der Waals surface area contributed by atoms with Gasteiger partial charge in [-0.15, -0.1) is 0 Å². The average molecular weight is 613 g/mol. The molecule has 0 atom stereocenters. The van der Waals surface area contributed by atoms with Crippen LogP contribution in [-0.4, -0.2) is 51.7 Å². The molecule has 0 unspecified atom stereocenters. The van der Waals surface area contributed by atoms with Gasteiger partial charge in [0.2, 0.25) is 21.7 Å². The van der Waals surface area contributed by atoms with E-state index in [-0.39, 0.29) is 44.2 Å². The summed E-state index contributed by atoms with van der Waals surface area (Å²) in [5.41, 5.74) is 1.28. The van der Waals surface area contributed by atoms with Crippen LogP contribution >= 0.6 is 23.5 Å². The maximum atomic E-state index is 13.1. The van der Waals surface area contributed by atoms with Crippen molar-refractivity contribution in [3.8, 4) is 0 Å². The predicted molar refractivity (Wildman–Crippen MR) is 156 cm³/mol. The minimum atomic E-state index is -3.86. The molecule has 0 saturated heterocycles. The Kier molecular flexibility index (Phi) is 9.42. The lowest BCUT2D eigenvalue weighted by molar-refractivity contribution is -0.114. The zero-order valence-corrected chi connectivity index (χ0v) is 24.2. The first kappa shape index (κ1) is 29.8. The molecule has 0 spiro atoms. The first-order valence-corrected chi connectivity index (χ1v) is 15.4. The molecule has 0 fully saturated rings. The van der Waals surface area contributed by atoms with Gasteiger partial charge in [0.15, 0.2) is 10.3 Å². The second-order valence-corrected chi connectivity index (χ2v) is 12.5. The number of carbonyl (C=O) groups is 2. The van der Waals surface area contributed by atoms with E-state index in [1.54, 1.807) is 13.8 Å². The fourth-order valence-corrected chi connectivity index (χ4v) is 6.18. The number of benzene rings is 2. The smallest absolute Gasteiger partial charge is 0.251 e. The SMILES string of the molecule is Cc1cc(=O)[nH]c(SCC(=O)Nc2ccc(S(=O)(=O)c3ccc(NC(=O)CSc4nc(C)cc(=O)[nH]4)cc3)cc2)n1. The summed E-state index contributed by atoms with van der Waals surface area (Å²) in [5, 5.41) is 6.00. The van der Waals surface area contributed by atoms with E-state index in [1.165, 1.54) is 60.7 Å². The van der Waals surface area contributed by atoms with Crippen molar-refractivity contribution >= 4 is 56.6 Å². The van der Waals surface area contributed by atoms with Crippen LogP contribution in [0.1, 0.15) is 11.4 Å². The first-order chi connectivity index (χ1) is 19.5. The van der Waals surface area contributed by atoms with Crippen LogP contribution in [0.2, 0.25) is 0 Å². The van der Waals surface area contributed by atoms with Crippen LogP contribution in [0, 0.1) is 13.8 Å². The maximum Gasteiger partial charge on any atom is 0.251 e. The van der Waals surface area contributed by atoms with Crippen LogP contribution in [0.25, 0.3) is 0 Å². The van der Waals surface area contributed by atoms with E-state index in [0.717, 1.165) is 23.5 Å². The average Bonchev–Trinajstić information content (AvgIpc) is 2.90.